The van der Waals surface area contributed by atoms with Crippen LogP contribution in [0.1, 0.15) is 18.9 Å². The Morgan fingerprint density at radius 2 is 1.78 bits per heavy atom. The molecule has 27 heavy (non-hydrogen) atoms. The van der Waals surface area contributed by atoms with E-state index in [1.54, 1.807) is 44.3 Å². The summed E-state index contributed by atoms with van der Waals surface area (Å²) >= 11 is 1.65. The molecule has 0 aliphatic carbocycles. The van der Waals surface area contributed by atoms with Crippen LogP contribution in [-0.4, -0.2) is 25.0 Å². The van der Waals surface area contributed by atoms with Crippen molar-refractivity contribution in [1.82, 2.24) is 4.98 Å². The molecule has 0 N–H and O–H groups in total. The summed E-state index contributed by atoms with van der Waals surface area (Å²) in [6.45, 7) is 2.37. The molecule has 3 rings (SSSR count). The molecule has 0 unspecified atom stereocenters. The van der Waals surface area contributed by atoms with Gasteiger partial charge in [-0.25, -0.2) is 4.39 Å². The number of aromatic nitrogens is 1. The fraction of sp³-hybridized carbons (Fsp3) is 0.286. The monoisotopic (exact) mass is 387 g/mol. The second-order valence-electron chi connectivity index (χ2n) is 5.97. The van der Waals surface area contributed by atoms with E-state index in [0.29, 0.717) is 17.2 Å². The molecule has 0 amide bonds. The minimum Gasteiger partial charge on any atom is -0.493 e. The highest BCUT2D eigenvalue weighted by Crippen LogP contribution is 2.35. The molecule has 3 aromatic rings. The van der Waals surface area contributed by atoms with Crippen LogP contribution in [0, 0.1) is 5.82 Å². The average molecular weight is 387 g/mol. The van der Waals surface area contributed by atoms with E-state index >= 15 is 0 Å². The SMILES string of the molecule is CCCSc1cc(F)cc(COc2ccnc3cc(OC)c(OC)cc23)c1. The normalized spacial score (nSPS) is 10.8. The second kappa shape index (κ2) is 8.95. The van der Waals surface area contributed by atoms with Crippen molar-refractivity contribution < 1.29 is 18.6 Å². The first-order chi connectivity index (χ1) is 13.1. The van der Waals surface area contributed by atoms with Gasteiger partial charge in [0, 0.05) is 22.5 Å². The summed E-state index contributed by atoms with van der Waals surface area (Å²) < 4.78 is 30.6. The van der Waals surface area contributed by atoms with Crippen molar-refractivity contribution in [3.8, 4) is 17.2 Å². The Balaban J connectivity index is 1.86. The molecule has 0 spiro atoms. The molecule has 0 aliphatic rings. The average Bonchev–Trinajstić information content (AvgIpc) is 2.69. The van der Waals surface area contributed by atoms with E-state index < -0.39 is 0 Å². The highest BCUT2D eigenvalue weighted by atomic mass is 32.2. The summed E-state index contributed by atoms with van der Waals surface area (Å²) in [4.78, 5) is 5.28. The van der Waals surface area contributed by atoms with Gasteiger partial charge in [0.1, 0.15) is 18.2 Å². The molecule has 1 heterocycles. The van der Waals surface area contributed by atoms with Gasteiger partial charge in [-0.05, 0) is 48.1 Å². The number of nitrogens with zero attached hydrogens (tertiary/aromatic N) is 1. The van der Waals surface area contributed by atoms with Crippen molar-refractivity contribution >= 4 is 22.7 Å². The van der Waals surface area contributed by atoms with E-state index in [0.717, 1.165) is 33.5 Å². The van der Waals surface area contributed by atoms with Crippen molar-refractivity contribution in [3.63, 3.8) is 0 Å². The molecular weight excluding hydrogens is 365 g/mol. The van der Waals surface area contributed by atoms with Crippen LogP contribution in [0.25, 0.3) is 10.9 Å². The Bertz CT molecular complexity index is 933. The van der Waals surface area contributed by atoms with Crippen molar-refractivity contribution in [1.29, 1.82) is 0 Å². The third-order valence-corrected chi connectivity index (χ3v) is 5.19. The van der Waals surface area contributed by atoms with Crippen LogP contribution >= 0.6 is 11.8 Å². The van der Waals surface area contributed by atoms with Crippen LogP contribution in [0.4, 0.5) is 4.39 Å². The summed E-state index contributed by atoms with van der Waals surface area (Å²) in [7, 11) is 3.17. The van der Waals surface area contributed by atoms with Crippen molar-refractivity contribution in [3.05, 3.63) is 54.0 Å². The van der Waals surface area contributed by atoms with Crippen molar-refractivity contribution in [2.75, 3.05) is 20.0 Å². The number of hydrogen-bond donors (Lipinski definition) is 0. The molecule has 0 saturated carbocycles. The number of pyridine rings is 1. The lowest BCUT2D eigenvalue weighted by Gasteiger charge is -2.13. The Labute approximate surface area is 162 Å². The highest BCUT2D eigenvalue weighted by Gasteiger charge is 2.11. The van der Waals surface area contributed by atoms with E-state index in [-0.39, 0.29) is 12.4 Å². The largest absolute Gasteiger partial charge is 0.493 e. The topological polar surface area (TPSA) is 40.6 Å². The third kappa shape index (κ3) is 4.63. The van der Waals surface area contributed by atoms with Gasteiger partial charge in [0.05, 0.1) is 19.7 Å². The maximum atomic E-state index is 13.9. The molecule has 0 aliphatic heterocycles. The zero-order chi connectivity index (χ0) is 19.2. The molecule has 0 radical (unpaired) electrons. The molecule has 4 nitrogen and oxygen atoms in total. The zero-order valence-electron chi connectivity index (χ0n) is 15.6. The van der Waals surface area contributed by atoms with Crippen LogP contribution < -0.4 is 14.2 Å². The number of ether oxygens (including phenoxy) is 3. The van der Waals surface area contributed by atoms with Gasteiger partial charge in [-0.15, -0.1) is 11.8 Å². The first kappa shape index (κ1) is 19.3. The van der Waals surface area contributed by atoms with Crippen LogP contribution in [-0.2, 0) is 6.61 Å². The van der Waals surface area contributed by atoms with Gasteiger partial charge >= 0.3 is 0 Å². The van der Waals surface area contributed by atoms with Gasteiger partial charge in [-0.3, -0.25) is 4.98 Å². The van der Waals surface area contributed by atoms with Gasteiger partial charge in [-0.1, -0.05) is 6.92 Å². The van der Waals surface area contributed by atoms with E-state index in [2.05, 4.69) is 11.9 Å². The maximum absolute atomic E-state index is 13.9. The lowest BCUT2D eigenvalue weighted by atomic mass is 10.1. The van der Waals surface area contributed by atoms with Crippen molar-refractivity contribution in [2.45, 2.75) is 24.8 Å². The maximum Gasteiger partial charge on any atom is 0.162 e. The smallest absolute Gasteiger partial charge is 0.162 e. The predicted molar refractivity (Wildman–Crippen MR) is 107 cm³/mol. The Morgan fingerprint density at radius 3 is 2.52 bits per heavy atom. The molecular formula is C21H22FNO3S. The summed E-state index contributed by atoms with van der Waals surface area (Å²) in [5.41, 5.74) is 1.53. The number of methoxy groups -OCH3 is 2. The van der Waals surface area contributed by atoms with E-state index in [1.807, 2.05) is 18.2 Å². The van der Waals surface area contributed by atoms with Crippen LogP contribution in [0.3, 0.4) is 0 Å². The molecule has 0 atom stereocenters. The number of rotatable bonds is 8. The number of benzene rings is 2. The van der Waals surface area contributed by atoms with Gasteiger partial charge < -0.3 is 14.2 Å². The first-order valence-corrected chi connectivity index (χ1v) is 9.69. The Hall–Kier alpha value is -2.47. The lowest BCUT2D eigenvalue weighted by molar-refractivity contribution is 0.308. The quantitative estimate of drug-likeness (QED) is 0.479. The van der Waals surface area contributed by atoms with E-state index in [9.17, 15) is 4.39 Å². The van der Waals surface area contributed by atoms with E-state index in [4.69, 9.17) is 14.2 Å². The molecule has 0 fully saturated rings. The van der Waals surface area contributed by atoms with E-state index in [1.165, 1.54) is 6.07 Å². The highest BCUT2D eigenvalue weighted by molar-refractivity contribution is 7.99. The fourth-order valence-electron chi connectivity index (χ4n) is 2.74. The summed E-state index contributed by atoms with van der Waals surface area (Å²) in [5.74, 6) is 2.58. The first-order valence-electron chi connectivity index (χ1n) is 8.70. The van der Waals surface area contributed by atoms with Gasteiger partial charge in [0.2, 0.25) is 0 Å². The summed E-state index contributed by atoms with van der Waals surface area (Å²) in [6.07, 6.45) is 2.72. The molecule has 6 heteroatoms. The van der Waals surface area contributed by atoms with Crippen LogP contribution in [0.2, 0.25) is 0 Å². The lowest BCUT2D eigenvalue weighted by Crippen LogP contribution is -1.99. The minimum atomic E-state index is -0.249. The van der Waals surface area contributed by atoms with Gasteiger partial charge in [-0.2, -0.15) is 0 Å². The van der Waals surface area contributed by atoms with Gasteiger partial charge in [0.15, 0.2) is 11.5 Å². The number of halogens is 1. The van der Waals surface area contributed by atoms with Crippen LogP contribution in [0.5, 0.6) is 17.2 Å². The Kier molecular flexibility index (Phi) is 6.40. The minimum absolute atomic E-state index is 0.249. The summed E-state index contributed by atoms with van der Waals surface area (Å²) in [5, 5.41) is 0.812. The molecule has 0 bridgehead atoms. The Morgan fingerprint density at radius 1 is 1.00 bits per heavy atom. The molecule has 2 aromatic carbocycles. The number of thioether (sulfide) groups is 1. The van der Waals surface area contributed by atoms with Gasteiger partial charge in [0.25, 0.3) is 0 Å². The van der Waals surface area contributed by atoms with Crippen molar-refractivity contribution in [2.24, 2.45) is 0 Å². The number of fused-ring (bicyclic) bond motifs is 1. The van der Waals surface area contributed by atoms with Crippen LogP contribution in [0.15, 0.2) is 47.5 Å². The molecule has 1 aromatic heterocycles. The molecule has 142 valence electrons. The zero-order valence-corrected chi connectivity index (χ0v) is 16.4. The standard InChI is InChI=1S/C21H22FNO3S/c1-4-7-27-16-9-14(8-15(22)10-16)13-26-19-5-6-23-18-12-21(25-3)20(24-2)11-17(18)19/h5-6,8-12H,4,7,13H2,1-3H3. The summed E-state index contributed by atoms with van der Waals surface area (Å²) in [6, 6.07) is 10.5. The third-order valence-electron chi connectivity index (χ3n) is 4.01. The number of hydrogen-bond acceptors (Lipinski definition) is 5. The molecule has 0 saturated heterocycles. The second-order valence-corrected chi connectivity index (χ2v) is 7.13. The fourth-order valence-corrected chi connectivity index (χ4v) is 3.61. The predicted octanol–water partition coefficient (Wildman–Crippen LogP) is 5.47.